The van der Waals surface area contributed by atoms with E-state index in [9.17, 15) is 9.59 Å². The molecule has 0 aliphatic heterocycles. The molecule has 3 aromatic carbocycles. The summed E-state index contributed by atoms with van der Waals surface area (Å²) >= 11 is 7.29. The van der Waals surface area contributed by atoms with Crippen molar-refractivity contribution >= 4 is 45.7 Å². The number of rotatable bonds is 9. The molecule has 8 nitrogen and oxygen atoms in total. The molecule has 0 aliphatic carbocycles. The van der Waals surface area contributed by atoms with E-state index in [1.54, 1.807) is 30.3 Å². The number of anilines is 2. The van der Waals surface area contributed by atoms with Crippen LogP contribution in [0.4, 0.5) is 15.6 Å². The Balaban J connectivity index is 1.48. The number of aromatic nitrogens is 2. The lowest BCUT2D eigenvalue weighted by Gasteiger charge is -2.19. The van der Waals surface area contributed by atoms with E-state index in [2.05, 4.69) is 26.1 Å². The smallest absolute Gasteiger partial charge is 0.320 e. The number of halogens is 1. The lowest BCUT2D eigenvalue weighted by Crippen LogP contribution is -2.47. The monoisotopic (exact) mass is 521 g/mol. The first kappa shape index (κ1) is 25.2. The molecule has 184 valence electrons. The van der Waals surface area contributed by atoms with E-state index in [-0.39, 0.29) is 6.42 Å². The number of urea groups is 1. The van der Waals surface area contributed by atoms with Crippen molar-refractivity contribution in [2.45, 2.75) is 19.4 Å². The molecule has 0 fully saturated rings. The van der Waals surface area contributed by atoms with Crippen LogP contribution in [0.15, 0.2) is 78.9 Å². The summed E-state index contributed by atoms with van der Waals surface area (Å²) in [7, 11) is 0. The minimum Gasteiger partial charge on any atom is -0.492 e. The van der Waals surface area contributed by atoms with Gasteiger partial charge in [-0.2, -0.15) is 0 Å². The van der Waals surface area contributed by atoms with Gasteiger partial charge in [-0.3, -0.25) is 10.1 Å². The zero-order valence-electron chi connectivity index (χ0n) is 19.4. The molecule has 1 heterocycles. The zero-order valence-corrected chi connectivity index (χ0v) is 21.0. The molecule has 4 aromatic rings. The third-order valence-electron chi connectivity index (χ3n) is 5.07. The molecule has 36 heavy (non-hydrogen) atoms. The van der Waals surface area contributed by atoms with E-state index in [4.69, 9.17) is 16.3 Å². The van der Waals surface area contributed by atoms with Gasteiger partial charge >= 0.3 is 6.03 Å². The van der Waals surface area contributed by atoms with Crippen LogP contribution in [-0.2, 0) is 11.2 Å². The van der Waals surface area contributed by atoms with Gasteiger partial charge in [-0.1, -0.05) is 77.5 Å². The topological polar surface area (TPSA) is 105 Å². The maximum absolute atomic E-state index is 13.2. The molecule has 0 aliphatic rings. The Morgan fingerprint density at radius 3 is 2.53 bits per heavy atom. The molecule has 3 amide bonds. The maximum Gasteiger partial charge on any atom is 0.320 e. The molecule has 0 spiro atoms. The highest BCUT2D eigenvalue weighted by molar-refractivity contribution is 7.18. The fourth-order valence-corrected chi connectivity index (χ4v) is 4.36. The largest absolute Gasteiger partial charge is 0.492 e. The van der Waals surface area contributed by atoms with E-state index in [1.807, 2.05) is 55.5 Å². The van der Waals surface area contributed by atoms with Crippen molar-refractivity contribution < 1.29 is 14.3 Å². The molecular formula is C26H24ClN5O3S. The van der Waals surface area contributed by atoms with Crippen LogP contribution in [0.25, 0.3) is 10.6 Å². The quantitative estimate of drug-likeness (QED) is 0.265. The molecule has 0 radical (unpaired) electrons. The summed E-state index contributed by atoms with van der Waals surface area (Å²) in [6, 6.07) is 22.4. The minimum atomic E-state index is -0.870. The molecule has 0 bridgehead atoms. The van der Waals surface area contributed by atoms with Crippen LogP contribution < -0.4 is 20.7 Å². The van der Waals surface area contributed by atoms with Gasteiger partial charge in [-0.05, 0) is 36.8 Å². The van der Waals surface area contributed by atoms with Crippen LogP contribution in [0.5, 0.6) is 5.75 Å². The summed E-state index contributed by atoms with van der Waals surface area (Å²) in [6.07, 6.45) is 0.285. The Morgan fingerprint density at radius 2 is 1.75 bits per heavy atom. The molecule has 0 saturated heterocycles. The van der Waals surface area contributed by atoms with Crippen molar-refractivity contribution in [3.05, 3.63) is 89.4 Å². The molecule has 0 saturated carbocycles. The molecule has 1 aromatic heterocycles. The van der Waals surface area contributed by atoms with Gasteiger partial charge in [0.25, 0.3) is 0 Å². The van der Waals surface area contributed by atoms with Gasteiger partial charge in [0.2, 0.25) is 11.0 Å². The van der Waals surface area contributed by atoms with E-state index in [0.29, 0.717) is 33.2 Å². The second-order valence-corrected chi connectivity index (χ2v) is 9.10. The predicted molar refractivity (Wildman–Crippen MR) is 143 cm³/mol. The van der Waals surface area contributed by atoms with E-state index in [1.165, 1.54) is 11.3 Å². The van der Waals surface area contributed by atoms with Crippen molar-refractivity contribution in [1.29, 1.82) is 0 Å². The highest BCUT2D eigenvalue weighted by Crippen LogP contribution is 2.28. The first-order chi connectivity index (χ1) is 17.5. The number of nitrogens with one attached hydrogen (secondary N) is 3. The number of para-hydroxylation sites is 2. The van der Waals surface area contributed by atoms with Crippen LogP contribution in [0.1, 0.15) is 12.5 Å². The molecule has 4 rings (SSSR count). The molecular weight excluding hydrogens is 498 g/mol. The summed E-state index contributed by atoms with van der Waals surface area (Å²) in [5, 5.41) is 18.1. The maximum atomic E-state index is 13.2. The lowest BCUT2D eigenvalue weighted by molar-refractivity contribution is -0.117. The number of amides is 3. The van der Waals surface area contributed by atoms with Crippen LogP contribution in [-0.4, -0.2) is 34.8 Å². The Kier molecular flexibility index (Phi) is 8.48. The SMILES string of the molecule is CCOc1ccccc1NC(=O)N[C@@H](Cc1ccccc1)C(=O)Nc1nnc(-c2cccc(Cl)c2)s1. The third-order valence-corrected chi connectivity index (χ3v) is 6.19. The number of hydrogen-bond acceptors (Lipinski definition) is 6. The average molecular weight is 522 g/mol. The number of ether oxygens (including phenoxy) is 1. The van der Waals surface area contributed by atoms with Crippen molar-refractivity contribution in [2.24, 2.45) is 0 Å². The van der Waals surface area contributed by atoms with Gasteiger partial charge in [-0.15, -0.1) is 10.2 Å². The standard InChI is InChI=1S/C26H24ClN5O3S/c1-2-35-22-14-7-6-13-20(22)28-25(34)29-21(15-17-9-4-3-5-10-17)23(33)30-26-32-31-24(36-26)18-11-8-12-19(27)16-18/h3-14,16,21H,2,15H2,1H3,(H2,28,29,34)(H,30,32,33)/t21-/m0/s1. The van der Waals surface area contributed by atoms with Crippen molar-refractivity contribution in [3.8, 4) is 16.3 Å². The molecule has 3 N–H and O–H groups in total. The predicted octanol–water partition coefficient (Wildman–Crippen LogP) is 5.63. The highest BCUT2D eigenvalue weighted by Gasteiger charge is 2.23. The number of carbonyl (C=O) groups excluding carboxylic acids is 2. The van der Waals surface area contributed by atoms with Gasteiger partial charge in [0.05, 0.1) is 12.3 Å². The van der Waals surface area contributed by atoms with Gasteiger partial charge in [0.15, 0.2) is 0 Å². The molecule has 1 atom stereocenters. The van der Waals surface area contributed by atoms with Crippen LogP contribution in [0.2, 0.25) is 5.02 Å². The van der Waals surface area contributed by atoms with E-state index < -0.39 is 18.0 Å². The fourth-order valence-electron chi connectivity index (χ4n) is 3.43. The Hall–Kier alpha value is -3.95. The Bertz CT molecular complexity index is 1330. The van der Waals surface area contributed by atoms with Crippen molar-refractivity contribution in [2.75, 3.05) is 17.2 Å². The summed E-state index contributed by atoms with van der Waals surface area (Å²) in [5.74, 6) is 0.127. The first-order valence-corrected chi connectivity index (χ1v) is 12.4. The molecule has 0 unspecified atom stereocenters. The van der Waals surface area contributed by atoms with Gasteiger partial charge in [-0.25, -0.2) is 4.79 Å². The van der Waals surface area contributed by atoms with Crippen LogP contribution in [0.3, 0.4) is 0 Å². The van der Waals surface area contributed by atoms with E-state index in [0.717, 1.165) is 11.1 Å². The minimum absolute atomic E-state index is 0.285. The summed E-state index contributed by atoms with van der Waals surface area (Å²) < 4.78 is 5.57. The number of hydrogen-bond donors (Lipinski definition) is 3. The van der Waals surface area contributed by atoms with Gasteiger partial charge in [0, 0.05) is 17.0 Å². The molecule has 10 heteroatoms. The Labute approximate surface area is 217 Å². The first-order valence-electron chi connectivity index (χ1n) is 11.3. The Morgan fingerprint density at radius 1 is 0.972 bits per heavy atom. The zero-order chi connectivity index (χ0) is 25.3. The highest BCUT2D eigenvalue weighted by atomic mass is 35.5. The normalized spacial score (nSPS) is 11.4. The van der Waals surface area contributed by atoms with Gasteiger partial charge in [0.1, 0.15) is 16.8 Å². The number of carbonyl (C=O) groups is 2. The second-order valence-electron chi connectivity index (χ2n) is 7.68. The lowest BCUT2D eigenvalue weighted by atomic mass is 10.1. The third kappa shape index (κ3) is 6.80. The summed E-state index contributed by atoms with van der Waals surface area (Å²) in [4.78, 5) is 26.1. The van der Waals surface area contributed by atoms with Gasteiger partial charge < -0.3 is 15.4 Å². The van der Waals surface area contributed by atoms with Crippen molar-refractivity contribution in [1.82, 2.24) is 15.5 Å². The fraction of sp³-hybridized carbons (Fsp3) is 0.154. The summed E-state index contributed by atoms with van der Waals surface area (Å²) in [5.41, 5.74) is 2.20. The number of benzene rings is 3. The van der Waals surface area contributed by atoms with E-state index >= 15 is 0 Å². The van der Waals surface area contributed by atoms with Crippen LogP contribution in [0, 0.1) is 0 Å². The second kappa shape index (κ2) is 12.1. The van der Waals surface area contributed by atoms with Crippen molar-refractivity contribution in [3.63, 3.8) is 0 Å². The van der Waals surface area contributed by atoms with Crippen LogP contribution >= 0.6 is 22.9 Å². The average Bonchev–Trinajstić information content (AvgIpc) is 3.34. The number of nitrogens with zero attached hydrogens (tertiary/aromatic N) is 2. The summed E-state index contributed by atoms with van der Waals surface area (Å²) in [6.45, 7) is 2.32.